The van der Waals surface area contributed by atoms with Crippen molar-refractivity contribution in [1.82, 2.24) is 0 Å². The van der Waals surface area contributed by atoms with Gasteiger partial charge in [0.2, 0.25) is 11.8 Å². The molecule has 0 aliphatic carbocycles. The molecule has 0 aliphatic rings. The maximum atomic E-state index is 13.0. The van der Waals surface area contributed by atoms with Crippen LogP contribution in [0.2, 0.25) is 0 Å². The molecule has 28 heavy (non-hydrogen) atoms. The Labute approximate surface area is 165 Å². The van der Waals surface area contributed by atoms with E-state index in [4.69, 9.17) is 5.73 Å². The van der Waals surface area contributed by atoms with Gasteiger partial charge in [-0.1, -0.05) is 66.7 Å². The summed E-state index contributed by atoms with van der Waals surface area (Å²) < 4.78 is 0. The second kappa shape index (κ2) is 9.51. The molecule has 1 unspecified atom stereocenters. The highest BCUT2D eigenvalue weighted by Gasteiger charge is 2.20. The predicted octanol–water partition coefficient (Wildman–Crippen LogP) is 4.53. The van der Waals surface area contributed by atoms with Crippen LogP contribution in [0.1, 0.15) is 40.2 Å². The summed E-state index contributed by atoms with van der Waals surface area (Å²) in [6, 6.07) is 26.8. The van der Waals surface area contributed by atoms with E-state index in [1.54, 1.807) is 24.3 Å². The molecular weight excluding hydrogens is 348 g/mol. The van der Waals surface area contributed by atoms with Gasteiger partial charge >= 0.3 is 0 Å². The number of carbonyl (C=O) groups is 2. The van der Waals surface area contributed by atoms with E-state index >= 15 is 0 Å². The van der Waals surface area contributed by atoms with Crippen molar-refractivity contribution < 1.29 is 9.59 Å². The van der Waals surface area contributed by atoms with Crippen LogP contribution in [0.5, 0.6) is 0 Å². The minimum atomic E-state index is -0.515. The molecule has 0 aromatic heterocycles. The van der Waals surface area contributed by atoms with Crippen molar-refractivity contribution in [3.63, 3.8) is 0 Å². The standard InChI is InChI=1S/C24H24N2O2/c25-23(27)20-14-8-15-21(17-20)26-24(28)22(19-12-5-2-6-13-19)16-7-11-18-9-3-1-4-10-18/h1-6,8-10,12-15,17,22H,7,11,16H2,(H2,25,27)(H,26,28). The lowest BCUT2D eigenvalue weighted by Gasteiger charge is -2.18. The zero-order chi connectivity index (χ0) is 19.8. The van der Waals surface area contributed by atoms with Gasteiger partial charge in [-0.25, -0.2) is 0 Å². The average molecular weight is 372 g/mol. The van der Waals surface area contributed by atoms with Crippen LogP contribution >= 0.6 is 0 Å². The first kappa shape index (κ1) is 19.4. The maximum Gasteiger partial charge on any atom is 0.248 e. The molecule has 3 rings (SSSR count). The molecule has 2 amide bonds. The van der Waals surface area contributed by atoms with E-state index in [2.05, 4.69) is 17.4 Å². The predicted molar refractivity (Wildman–Crippen MR) is 112 cm³/mol. The van der Waals surface area contributed by atoms with Crippen molar-refractivity contribution in [3.05, 3.63) is 102 Å². The van der Waals surface area contributed by atoms with Crippen molar-refractivity contribution in [1.29, 1.82) is 0 Å². The SMILES string of the molecule is NC(=O)c1cccc(NC(=O)C(CCCc2ccccc2)c2ccccc2)c1. The van der Waals surface area contributed by atoms with Crippen LogP contribution in [0.25, 0.3) is 0 Å². The summed E-state index contributed by atoms with van der Waals surface area (Å²) in [6.07, 6.45) is 2.56. The Kier molecular flexibility index (Phi) is 6.58. The van der Waals surface area contributed by atoms with Crippen molar-refractivity contribution in [2.75, 3.05) is 5.32 Å². The van der Waals surface area contributed by atoms with Gasteiger partial charge < -0.3 is 11.1 Å². The molecule has 0 aliphatic heterocycles. The smallest absolute Gasteiger partial charge is 0.248 e. The van der Waals surface area contributed by atoms with E-state index in [0.717, 1.165) is 24.8 Å². The zero-order valence-corrected chi connectivity index (χ0v) is 15.7. The third-order valence-electron chi connectivity index (χ3n) is 4.73. The van der Waals surface area contributed by atoms with Crippen LogP contribution in [0.3, 0.4) is 0 Å². The first-order valence-corrected chi connectivity index (χ1v) is 9.43. The van der Waals surface area contributed by atoms with Crippen LogP contribution in [-0.4, -0.2) is 11.8 Å². The summed E-state index contributed by atoms with van der Waals surface area (Å²) in [5.74, 6) is -0.860. The zero-order valence-electron chi connectivity index (χ0n) is 15.7. The van der Waals surface area contributed by atoms with Gasteiger partial charge in [0, 0.05) is 11.3 Å². The lowest BCUT2D eigenvalue weighted by Crippen LogP contribution is -2.22. The van der Waals surface area contributed by atoms with Crippen LogP contribution in [0.4, 0.5) is 5.69 Å². The van der Waals surface area contributed by atoms with E-state index in [0.29, 0.717) is 11.3 Å². The number of nitrogens with one attached hydrogen (secondary N) is 1. The Balaban J connectivity index is 1.72. The summed E-state index contributed by atoms with van der Waals surface area (Å²) >= 11 is 0. The number of amides is 2. The van der Waals surface area contributed by atoms with Crippen LogP contribution in [-0.2, 0) is 11.2 Å². The van der Waals surface area contributed by atoms with E-state index in [1.807, 2.05) is 48.5 Å². The Morgan fingerprint density at radius 2 is 1.54 bits per heavy atom. The average Bonchev–Trinajstić information content (AvgIpc) is 2.72. The van der Waals surface area contributed by atoms with Gasteiger partial charge in [0.15, 0.2) is 0 Å². The molecule has 0 saturated carbocycles. The number of benzene rings is 3. The molecule has 0 heterocycles. The summed E-state index contributed by atoms with van der Waals surface area (Å²) in [4.78, 5) is 24.4. The molecule has 142 valence electrons. The Bertz CT molecular complexity index is 924. The highest BCUT2D eigenvalue weighted by molar-refractivity contribution is 5.98. The fraction of sp³-hybridized carbons (Fsp3) is 0.167. The molecule has 3 N–H and O–H groups in total. The van der Waals surface area contributed by atoms with Crippen molar-refractivity contribution >= 4 is 17.5 Å². The fourth-order valence-corrected chi connectivity index (χ4v) is 3.27. The molecule has 1 atom stereocenters. The Morgan fingerprint density at radius 1 is 0.857 bits per heavy atom. The number of primary amides is 1. The third kappa shape index (κ3) is 5.30. The van der Waals surface area contributed by atoms with E-state index in [9.17, 15) is 9.59 Å². The van der Waals surface area contributed by atoms with Gasteiger partial charge in [-0.3, -0.25) is 9.59 Å². The number of carbonyl (C=O) groups excluding carboxylic acids is 2. The fourth-order valence-electron chi connectivity index (χ4n) is 3.27. The van der Waals surface area contributed by atoms with E-state index < -0.39 is 5.91 Å². The van der Waals surface area contributed by atoms with Crippen LogP contribution < -0.4 is 11.1 Å². The number of hydrogen-bond acceptors (Lipinski definition) is 2. The number of hydrogen-bond donors (Lipinski definition) is 2. The van der Waals surface area contributed by atoms with Crippen molar-refractivity contribution in [2.45, 2.75) is 25.2 Å². The quantitative estimate of drug-likeness (QED) is 0.610. The topological polar surface area (TPSA) is 72.2 Å². The molecule has 0 spiro atoms. The number of rotatable bonds is 8. The molecular formula is C24H24N2O2. The lowest BCUT2D eigenvalue weighted by atomic mass is 9.91. The summed E-state index contributed by atoms with van der Waals surface area (Å²) in [6.45, 7) is 0. The summed E-state index contributed by atoms with van der Waals surface area (Å²) in [5, 5.41) is 2.94. The van der Waals surface area contributed by atoms with E-state index in [-0.39, 0.29) is 11.8 Å². The highest BCUT2D eigenvalue weighted by Crippen LogP contribution is 2.24. The van der Waals surface area contributed by atoms with Crippen molar-refractivity contribution in [2.24, 2.45) is 5.73 Å². The highest BCUT2D eigenvalue weighted by atomic mass is 16.2. The van der Waals surface area contributed by atoms with E-state index in [1.165, 1.54) is 5.56 Å². The summed E-state index contributed by atoms with van der Waals surface area (Å²) in [5.41, 5.74) is 8.53. The monoisotopic (exact) mass is 372 g/mol. The molecule has 0 bridgehead atoms. The van der Waals surface area contributed by atoms with Gasteiger partial charge in [-0.2, -0.15) is 0 Å². The number of anilines is 1. The van der Waals surface area contributed by atoms with Crippen LogP contribution in [0, 0.1) is 0 Å². The number of aryl methyl sites for hydroxylation is 1. The Hall–Kier alpha value is -3.40. The molecule has 4 nitrogen and oxygen atoms in total. The van der Waals surface area contributed by atoms with Crippen LogP contribution in [0.15, 0.2) is 84.9 Å². The first-order chi connectivity index (χ1) is 13.6. The second-order valence-electron chi connectivity index (χ2n) is 6.78. The largest absolute Gasteiger partial charge is 0.366 e. The molecule has 0 saturated heterocycles. The molecule has 4 heteroatoms. The maximum absolute atomic E-state index is 13.0. The number of nitrogens with two attached hydrogens (primary N) is 1. The van der Waals surface area contributed by atoms with Gasteiger partial charge in [0.25, 0.3) is 0 Å². The molecule has 0 radical (unpaired) electrons. The minimum Gasteiger partial charge on any atom is -0.366 e. The van der Waals surface area contributed by atoms with Gasteiger partial charge in [0.1, 0.15) is 0 Å². The molecule has 3 aromatic rings. The minimum absolute atomic E-state index is 0.0825. The Morgan fingerprint density at radius 3 is 2.21 bits per heavy atom. The normalized spacial score (nSPS) is 11.6. The first-order valence-electron chi connectivity index (χ1n) is 9.43. The second-order valence-corrected chi connectivity index (χ2v) is 6.78. The molecule has 0 fully saturated rings. The molecule has 3 aromatic carbocycles. The third-order valence-corrected chi connectivity index (χ3v) is 4.73. The summed E-state index contributed by atoms with van der Waals surface area (Å²) in [7, 11) is 0. The van der Waals surface area contributed by atoms with Crippen molar-refractivity contribution in [3.8, 4) is 0 Å². The van der Waals surface area contributed by atoms with Gasteiger partial charge in [-0.05, 0) is 48.6 Å². The van der Waals surface area contributed by atoms with Gasteiger partial charge in [-0.15, -0.1) is 0 Å². The van der Waals surface area contributed by atoms with Gasteiger partial charge in [0.05, 0.1) is 5.92 Å². The lowest BCUT2D eigenvalue weighted by molar-refractivity contribution is -0.117.